The van der Waals surface area contributed by atoms with Crippen LogP contribution in [0.25, 0.3) is 11.1 Å². The minimum Gasteiger partial charge on any atom is -0.482 e. The Morgan fingerprint density at radius 3 is 2.04 bits per heavy atom. The molecule has 0 heterocycles. The van der Waals surface area contributed by atoms with Crippen molar-refractivity contribution in [1.82, 2.24) is 0 Å². The number of ether oxygens (including phenoxy) is 2. The second-order valence-corrected chi connectivity index (χ2v) is 6.47. The summed E-state index contributed by atoms with van der Waals surface area (Å²) >= 11 is 5.96. The summed E-state index contributed by atoms with van der Waals surface area (Å²) in [5.41, 5.74) is 4.31. The van der Waals surface area contributed by atoms with Gasteiger partial charge in [0.25, 0.3) is 0 Å². The van der Waals surface area contributed by atoms with E-state index >= 15 is 0 Å². The third-order valence-electron chi connectivity index (χ3n) is 3.96. The number of rotatable bonds is 5. The molecule has 3 rings (SSSR count). The lowest BCUT2D eigenvalue weighted by atomic mass is 10.0. The Kier molecular flexibility index (Phi) is 5.59. The summed E-state index contributed by atoms with van der Waals surface area (Å²) in [6.07, 6.45) is 0. The van der Waals surface area contributed by atoms with Gasteiger partial charge in [0.2, 0.25) is 0 Å². The van der Waals surface area contributed by atoms with Gasteiger partial charge in [-0.3, -0.25) is 0 Å². The first-order valence-corrected chi connectivity index (χ1v) is 8.66. The van der Waals surface area contributed by atoms with Crippen LogP contribution in [0.15, 0.2) is 66.7 Å². The van der Waals surface area contributed by atoms with E-state index in [0.29, 0.717) is 16.5 Å². The average molecular weight is 367 g/mol. The van der Waals surface area contributed by atoms with Crippen LogP contribution in [0, 0.1) is 13.8 Å². The van der Waals surface area contributed by atoms with Crippen molar-refractivity contribution in [2.75, 3.05) is 6.61 Å². The molecule has 26 heavy (non-hydrogen) atoms. The molecule has 0 fully saturated rings. The fraction of sp³-hybridized carbons (Fsp3) is 0.136. The largest absolute Gasteiger partial charge is 0.482 e. The summed E-state index contributed by atoms with van der Waals surface area (Å²) in [5.74, 6) is 0.606. The molecule has 0 atom stereocenters. The number of esters is 1. The molecular formula is C22H19ClO3. The highest BCUT2D eigenvalue weighted by Gasteiger charge is 2.08. The van der Waals surface area contributed by atoms with Gasteiger partial charge in [-0.05, 0) is 60.9 Å². The van der Waals surface area contributed by atoms with Gasteiger partial charge in [0.05, 0.1) is 0 Å². The average Bonchev–Trinajstić information content (AvgIpc) is 2.64. The van der Waals surface area contributed by atoms with Gasteiger partial charge >= 0.3 is 5.97 Å². The fourth-order valence-corrected chi connectivity index (χ4v) is 2.59. The highest BCUT2D eigenvalue weighted by molar-refractivity contribution is 6.31. The first-order valence-electron chi connectivity index (χ1n) is 8.28. The normalized spacial score (nSPS) is 10.4. The highest BCUT2D eigenvalue weighted by atomic mass is 35.5. The van der Waals surface area contributed by atoms with Crippen molar-refractivity contribution in [1.29, 1.82) is 0 Å². The van der Waals surface area contributed by atoms with Crippen molar-refractivity contribution in [3.05, 3.63) is 82.9 Å². The van der Waals surface area contributed by atoms with Crippen LogP contribution in [0.3, 0.4) is 0 Å². The van der Waals surface area contributed by atoms with Gasteiger partial charge < -0.3 is 9.47 Å². The maximum absolute atomic E-state index is 11.9. The lowest BCUT2D eigenvalue weighted by molar-refractivity contribution is -0.136. The Morgan fingerprint density at radius 1 is 0.846 bits per heavy atom. The zero-order valence-electron chi connectivity index (χ0n) is 14.7. The molecule has 3 nitrogen and oxygen atoms in total. The van der Waals surface area contributed by atoms with E-state index in [-0.39, 0.29) is 6.61 Å². The molecule has 132 valence electrons. The zero-order chi connectivity index (χ0) is 18.5. The SMILES string of the molecule is Cc1ccc(-c2ccc(OCC(=O)Oc3ccc(Cl)c(C)c3)cc2)cc1. The van der Waals surface area contributed by atoms with Crippen LogP contribution >= 0.6 is 11.6 Å². The Balaban J connectivity index is 1.56. The number of hydrogen-bond acceptors (Lipinski definition) is 3. The third kappa shape index (κ3) is 4.64. The summed E-state index contributed by atoms with van der Waals surface area (Å²) in [5, 5.41) is 0.634. The van der Waals surface area contributed by atoms with Crippen LogP contribution in [-0.4, -0.2) is 12.6 Å². The number of aryl methyl sites for hydroxylation is 2. The molecule has 0 aliphatic rings. The standard InChI is InChI=1S/C22H19ClO3/c1-15-3-5-17(6-4-15)18-7-9-19(10-8-18)25-14-22(24)26-20-11-12-21(23)16(2)13-20/h3-13H,14H2,1-2H3. The minimum atomic E-state index is -0.464. The molecule has 0 aliphatic heterocycles. The predicted octanol–water partition coefficient (Wildman–Crippen LogP) is 5.61. The van der Waals surface area contributed by atoms with Crippen molar-refractivity contribution in [3.8, 4) is 22.6 Å². The van der Waals surface area contributed by atoms with E-state index in [9.17, 15) is 4.79 Å². The molecular weight excluding hydrogens is 348 g/mol. The van der Waals surface area contributed by atoms with Gasteiger partial charge in [0.1, 0.15) is 11.5 Å². The summed E-state index contributed by atoms with van der Waals surface area (Å²) in [6.45, 7) is 3.75. The van der Waals surface area contributed by atoms with E-state index in [1.165, 1.54) is 5.56 Å². The number of halogens is 1. The fourth-order valence-electron chi connectivity index (χ4n) is 2.47. The maximum atomic E-state index is 11.9. The quantitative estimate of drug-likeness (QED) is 0.435. The van der Waals surface area contributed by atoms with Crippen molar-refractivity contribution in [3.63, 3.8) is 0 Å². The smallest absolute Gasteiger partial charge is 0.349 e. The van der Waals surface area contributed by atoms with E-state index in [2.05, 4.69) is 31.2 Å². The monoisotopic (exact) mass is 366 g/mol. The van der Waals surface area contributed by atoms with Gasteiger partial charge in [-0.2, -0.15) is 0 Å². The van der Waals surface area contributed by atoms with Crippen molar-refractivity contribution in [2.45, 2.75) is 13.8 Å². The molecule has 0 aliphatic carbocycles. The Bertz CT molecular complexity index is 900. The summed E-state index contributed by atoms with van der Waals surface area (Å²) in [4.78, 5) is 11.9. The molecule has 0 radical (unpaired) electrons. The summed E-state index contributed by atoms with van der Waals surface area (Å²) < 4.78 is 10.8. The minimum absolute atomic E-state index is 0.161. The maximum Gasteiger partial charge on any atom is 0.349 e. The zero-order valence-corrected chi connectivity index (χ0v) is 15.4. The third-order valence-corrected chi connectivity index (χ3v) is 4.38. The van der Waals surface area contributed by atoms with E-state index in [4.69, 9.17) is 21.1 Å². The lowest BCUT2D eigenvalue weighted by Crippen LogP contribution is -2.17. The van der Waals surface area contributed by atoms with Crippen LogP contribution in [0.5, 0.6) is 11.5 Å². The molecule has 3 aromatic rings. The topological polar surface area (TPSA) is 35.5 Å². The van der Waals surface area contributed by atoms with Crippen LogP contribution in [-0.2, 0) is 4.79 Å². The first-order chi connectivity index (χ1) is 12.5. The Hall–Kier alpha value is -2.78. The highest BCUT2D eigenvalue weighted by Crippen LogP contribution is 2.23. The Labute approximate surface area is 158 Å². The number of carbonyl (C=O) groups excluding carboxylic acids is 1. The summed E-state index contributed by atoms with van der Waals surface area (Å²) in [7, 11) is 0. The Morgan fingerprint density at radius 2 is 1.42 bits per heavy atom. The first kappa shape index (κ1) is 18.0. The van der Waals surface area contributed by atoms with Gasteiger partial charge in [-0.1, -0.05) is 53.6 Å². The van der Waals surface area contributed by atoms with E-state index in [0.717, 1.165) is 16.7 Å². The molecule has 0 saturated carbocycles. The second kappa shape index (κ2) is 8.07. The van der Waals surface area contributed by atoms with E-state index < -0.39 is 5.97 Å². The molecule has 4 heteroatoms. The van der Waals surface area contributed by atoms with E-state index in [1.54, 1.807) is 18.2 Å². The van der Waals surface area contributed by atoms with Crippen molar-refractivity contribution < 1.29 is 14.3 Å². The molecule has 0 N–H and O–H groups in total. The molecule has 0 bridgehead atoms. The van der Waals surface area contributed by atoms with Crippen LogP contribution < -0.4 is 9.47 Å². The molecule has 3 aromatic carbocycles. The van der Waals surface area contributed by atoms with Crippen molar-refractivity contribution in [2.24, 2.45) is 0 Å². The van der Waals surface area contributed by atoms with Crippen LogP contribution in [0.4, 0.5) is 0 Å². The second-order valence-electron chi connectivity index (χ2n) is 6.06. The number of hydrogen-bond donors (Lipinski definition) is 0. The molecule has 0 saturated heterocycles. The molecule has 0 amide bonds. The molecule has 0 aromatic heterocycles. The lowest BCUT2D eigenvalue weighted by Gasteiger charge is -2.09. The molecule has 0 unspecified atom stereocenters. The van der Waals surface area contributed by atoms with Crippen molar-refractivity contribution >= 4 is 17.6 Å². The van der Waals surface area contributed by atoms with Gasteiger partial charge in [-0.15, -0.1) is 0 Å². The van der Waals surface area contributed by atoms with Gasteiger partial charge in [0.15, 0.2) is 6.61 Å². The van der Waals surface area contributed by atoms with Crippen LogP contribution in [0.2, 0.25) is 5.02 Å². The van der Waals surface area contributed by atoms with Gasteiger partial charge in [0, 0.05) is 5.02 Å². The number of benzene rings is 3. The summed E-state index contributed by atoms with van der Waals surface area (Å²) in [6, 6.07) is 21.0. The van der Waals surface area contributed by atoms with E-state index in [1.807, 2.05) is 31.2 Å². The van der Waals surface area contributed by atoms with Gasteiger partial charge in [-0.25, -0.2) is 4.79 Å². The predicted molar refractivity (Wildman–Crippen MR) is 104 cm³/mol. The number of carbonyl (C=O) groups is 1. The van der Waals surface area contributed by atoms with Crippen LogP contribution in [0.1, 0.15) is 11.1 Å². The molecule has 0 spiro atoms.